The van der Waals surface area contributed by atoms with E-state index in [1.165, 1.54) is 5.56 Å². The number of nitrogens with one attached hydrogen (secondary N) is 1. The quantitative estimate of drug-likeness (QED) is 0.313. The second-order valence-electron chi connectivity index (χ2n) is 8.18. The van der Waals surface area contributed by atoms with E-state index in [9.17, 15) is 0 Å². The van der Waals surface area contributed by atoms with Gasteiger partial charge in [0.15, 0.2) is 5.11 Å². The summed E-state index contributed by atoms with van der Waals surface area (Å²) in [5.74, 6) is 2.48. The number of hydrogen-bond donors (Lipinski definition) is 1. The van der Waals surface area contributed by atoms with Crippen LogP contribution in [-0.4, -0.2) is 16.7 Å². The van der Waals surface area contributed by atoms with E-state index >= 15 is 0 Å². The Morgan fingerprint density at radius 2 is 1.76 bits per heavy atom. The molecule has 0 bridgehead atoms. The maximum Gasteiger partial charge on any atom is 0.174 e. The van der Waals surface area contributed by atoms with E-state index in [1.54, 1.807) is 0 Å². The number of benzene rings is 2. The van der Waals surface area contributed by atoms with Crippen LogP contribution >= 0.6 is 12.2 Å². The van der Waals surface area contributed by atoms with Crippen LogP contribution < -0.4 is 15.0 Å². The van der Waals surface area contributed by atoms with Crippen LogP contribution in [-0.2, 0) is 6.42 Å². The number of nitrogens with zero attached hydrogens (tertiary/aromatic N) is 2. The number of hydrogen-bond acceptors (Lipinski definition) is 4. The molecule has 0 saturated carbocycles. The average molecular weight is 470 g/mol. The lowest BCUT2D eigenvalue weighted by atomic mass is 10.0. The van der Waals surface area contributed by atoms with Crippen molar-refractivity contribution in [3.63, 3.8) is 0 Å². The molecule has 0 unspecified atom stereocenters. The van der Waals surface area contributed by atoms with E-state index in [-0.39, 0.29) is 12.1 Å². The van der Waals surface area contributed by atoms with Crippen LogP contribution in [0.15, 0.2) is 89.5 Å². The van der Waals surface area contributed by atoms with Gasteiger partial charge in [-0.3, -0.25) is 4.98 Å². The smallest absolute Gasteiger partial charge is 0.174 e. The highest BCUT2D eigenvalue weighted by molar-refractivity contribution is 7.80. The second kappa shape index (κ2) is 9.69. The van der Waals surface area contributed by atoms with Gasteiger partial charge in [0.25, 0.3) is 0 Å². The summed E-state index contributed by atoms with van der Waals surface area (Å²) in [6.45, 7) is 4.78. The summed E-state index contributed by atoms with van der Waals surface area (Å²) >= 11 is 5.81. The highest BCUT2D eigenvalue weighted by Gasteiger charge is 2.42. The van der Waals surface area contributed by atoms with Crippen molar-refractivity contribution in [3.05, 3.63) is 102 Å². The Hall–Kier alpha value is -3.64. The zero-order valence-corrected chi connectivity index (χ0v) is 20.1. The topological polar surface area (TPSA) is 50.5 Å². The number of ether oxygens (including phenoxy) is 1. The maximum absolute atomic E-state index is 6.44. The minimum Gasteiger partial charge on any atom is -0.494 e. The molecular formula is C28H27N3O2S. The van der Waals surface area contributed by atoms with Crippen LogP contribution in [0.2, 0.25) is 0 Å². The van der Waals surface area contributed by atoms with Gasteiger partial charge in [-0.25, -0.2) is 0 Å². The van der Waals surface area contributed by atoms with E-state index in [0.29, 0.717) is 11.7 Å². The first kappa shape index (κ1) is 22.2. The van der Waals surface area contributed by atoms with Crippen LogP contribution in [0.1, 0.15) is 42.9 Å². The first-order valence-electron chi connectivity index (χ1n) is 11.6. The molecule has 1 aliphatic rings. The highest BCUT2D eigenvalue weighted by Crippen LogP contribution is 2.43. The lowest BCUT2D eigenvalue weighted by molar-refractivity contribution is 0.340. The van der Waals surface area contributed by atoms with Crippen molar-refractivity contribution in [3.8, 4) is 17.1 Å². The molecule has 34 heavy (non-hydrogen) atoms. The third-order valence-corrected chi connectivity index (χ3v) is 6.40. The van der Waals surface area contributed by atoms with Crippen LogP contribution in [0.5, 0.6) is 5.75 Å². The molecule has 4 aromatic rings. The van der Waals surface area contributed by atoms with Gasteiger partial charge in [0.1, 0.15) is 23.3 Å². The number of aromatic nitrogens is 1. The molecule has 172 valence electrons. The fourth-order valence-corrected chi connectivity index (χ4v) is 4.71. The monoisotopic (exact) mass is 469 g/mol. The molecule has 3 heterocycles. The van der Waals surface area contributed by atoms with Gasteiger partial charge in [-0.05, 0) is 91.8 Å². The lowest BCUT2D eigenvalue weighted by Gasteiger charge is -2.26. The van der Waals surface area contributed by atoms with E-state index in [1.807, 2.05) is 67.7 Å². The summed E-state index contributed by atoms with van der Waals surface area (Å²) < 4.78 is 12.0. The SMILES string of the molecule is CCOc1ccc(-c2ccc([C@H]3[C@@H](c4ccccn4)NC(=S)N3c3ccc(CC)cc3)o2)cc1. The molecule has 5 nitrogen and oxygen atoms in total. The van der Waals surface area contributed by atoms with Gasteiger partial charge >= 0.3 is 0 Å². The molecule has 1 saturated heterocycles. The predicted molar refractivity (Wildman–Crippen MR) is 139 cm³/mol. The Balaban J connectivity index is 1.53. The van der Waals surface area contributed by atoms with Gasteiger partial charge < -0.3 is 19.4 Å². The van der Waals surface area contributed by atoms with Crippen molar-refractivity contribution >= 4 is 23.0 Å². The minimum atomic E-state index is -0.175. The van der Waals surface area contributed by atoms with Crippen molar-refractivity contribution < 1.29 is 9.15 Å². The fourth-order valence-electron chi connectivity index (χ4n) is 4.36. The molecule has 5 rings (SSSR count). The van der Waals surface area contributed by atoms with Crippen molar-refractivity contribution in [1.82, 2.24) is 10.3 Å². The number of furan rings is 1. The lowest BCUT2D eigenvalue weighted by Crippen LogP contribution is -2.29. The Kier molecular flexibility index (Phi) is 6.32. The van der Waals surface area contributed by atoms with Gasteiger partial charge in [-0.15, -0.1) is 0 Å². The third-order valence-electron chi connectivity index (χ3n) is 6.09. The van der Waals surface area contributed by atoms with E-state index in [2.05, 4.69) is 46.4 Å². The Morgan fingerprint density at radius 1 is 0.971 bits per heavy atom. The van der Waals surface area contributed by atoms with Gasteiger partial charge in [0, 0.05) is 17.4 Å². The Morgan fingerprint density at radius 3 is 2.44 bits per heavy atom. The molecular weight excluding hydrogens is 442 g/mol. The number of aryl methyl sites for hydroxylation is 1. The molecule has 1 N–H and O–H groups in total. The van der Waals surface area contributed by atoms with E-state index in [4.69, 9.17) is 21.4 Å². The van der Waals surface area contributed by atoms with Crippen LogP contribution in [0.3, 0.4) is 0 Å². The molecule has 0 amide bonds. The highest BCUT2D eigenvalue weighted by atomic mass is 32.1. The molecule has 0 aliphatic carbocycles. The molecule has 2 aromatic carbocycles. The van der Waals surface area contributed by atoms with Gasteiger partial charge in [0.2, 0.25) is 0 Å². The molecule has 0 spiro atoms. The van der Waals surface area contributed by atoms with E-state index in [0.717, 1.165) is 40.6 Å². The number of pyridine rings is 1. The zero-order chi connectivity index (χ0) is 23.5. The first-order chi connectivity index (χ1) is 16.7. The minimum absolute atomic E-state index is 0.140. The van der Waals surface area contributed by atoms with Gasteiger partial charge in [-0.2, -0.15) is 0 Å². The third kappa shape index (κ3) is 4.29. The molecule has 1 aliphatic heterocycles. The van der Waals surface area contributed by atoms with Crippen molar-refractivity contribution in [2.45, 2.75) is 32.4 Å². The van der Waals surface area contributed by atoms with Gasteiger partial charge in [-0.1, -0.05) is 25.1 Å². The summed E-state index contributed by atoms with van der Waals surface area (Å²) in [5, 5.41) is 4.14. The van der Waals surface area contributed by atoms with Crippen LogP contribution in [0.25, 0.3) is 11.3 Å². The molecule has 1 fully saturated rings. The molecule has 2 aromatic heterocycles. The first-order valence-corrected chi connectivity index (χ1v) is 12.0. The Labute approximate surface area is 205 Å². The van der Waals surface area contributed by atoms with Gasteiger partial charge in [0.05, 0.1) is 18.3 Å². The predicted octanol–water partition coefficient (Wildman–Crippen LogP) is 6.48. The second-order valence-corrected chi connectivity index (χ2v) is 8.56. The summed E-state index contributed by atoms with van der Waals surface area (Å²) in [6.07, 6.45) is 2.80. The molecule has 6 heteroatoms. The zero-order valence-electron chi connectivity index (χ0n) is 19.3. The Bertz CT molecular complexity index is 1250. The molecule has 0 radical (unpaired) electrons. The summed E-state index contributed by atoms with van der Waals surface area (Å²) in [5.41, 5.74) is 4.23. The standard InChI is InChI=1S/C28H27N3O2S/c1-3-19-8-12-21(13-9-19)31-27(26(30-28(31)34)23-7-5-6-18-29-23)25-17-16-24(33-25)20-10-14-22(15-11-20)32-4-2/h5-18,26-27H,3-4H2,1-2H3,(H,30,34)/t26-,27+/m1/s1. The summed E-state index contributed by atoms with van der Waals surface area (Å²) in [6, 6.07) is 26.2. The van der Waals surface area contributed by atoms with Crippen molar-refractivity contribution in [2.75, 3.05) is 11.5 Å². The maximum atomic E-state index is 6.44. The summed E-state index contributed by atoms with van der Waals surface area (Å²) in [7, 11) is 0. The number of thiocarbonyl (C=S) groups is 1. The largest absolute Gasteiger partial charge is 0.494 e. The van der Waals surface area contributed by atoms with Crippen LogP contribution in [0, 0.1) is 0 Å². The number of anilines is 1. The van der Waals surface area contributed by atoms with E-state index < -0.39 is 0 Å². The molecule has 2 atom stereocenters. The number of rotatable bonds is 7. The van der Waals surface area contributed by atoms with Crippen molar-refractivity contribution in [2.24, 2.45) is 0 Å². The van der Waals surface area contributed by atoms with Crippen LogP contribution in [0.4, 0.5) is 5.69 Å². The fraction of sp³-hybridized carbons (Fsp3) is 0.214. The average Bonchev–Trinajstić information content (AvgIpc) is 3.50. The van der Waals surface area contributed by atoms with Crippen molar-refractivity contribution in [1.29, 1.82) is 0 Å². The summed E-state index contributed by atoms with van der Waals surface area (Å²) in [4.78, 5) is 6.75. The normalized spacial score (nSPS) is 17.6.